The van der Waals surface area contributed by atoms with Gasteiger partial charge in [0.15, 0.2) is 0 Å². The fourth-order valence-corrected chi connectivity index (χ4v) is 2.69. The summed E-state index contributed by atoms with van der Waals surface area (Å²) in [6.07, 6.45) is 3.64. The summed E-state index contributed by atoms with van der Waals surface area (Å²) >= 11 is 0. The molecule has 1 saturated carbocycles. The van der Waals surface area contributed by atoms with Crippen LogP contribution in [0.15, 0.2) is 30.3 Å². The van der Waals surface area contributed by atoms with Crippen LogP contribution in [0.25, 0.3) is 0 Å². The molecule has 3 N–H and O–H groups in total. The molecule has 1 aromatic carbocycles. The minimum atomic E-state index is -0.559. The second-order valence-corrected chi connectivity index (χ2v) is 6.20. The van der Waals surface area contributed by atoms with Gasteiger partial charge in [0.25, 0.3) is 0 Å². The van der Waals surface area contributed by atoms with Gasteiger partial charge in [0.05, 0.1) is 0 Å². The van der Waals surface area contributed by atoms with Gasteiger partial charge in [-0.25, -0.2) is 0 Å². The van der Waals surface area contributed by atoms with Crippen molar-refractivity contribution in [2.24, 2.45) is 17.1 Å². The Kier molecular flexibility index (Phi) is 4.25. The molecule has 1 fully saturated rings. The highest BCUT2D eigenvalue weighted by Crippen LogP contribution is 2.50. The Labute approximate surface area is 115 Å². The molecule has 3 nitrogen and oxygen atoms in total. The van der Waals surface area contributed by atoms with Crippen molar-refractivity contribution < 1.29 is 4.79 Å². The topological polar surface area (TPSA) is 55.1 Å². The second-order valence-electron chi connectivity index (χ2n) is 6.20. The van der Waals surface area contributed by atoms with Crippen molar-refractivity contribution in [3.8, 4) is 0 Å². The van der Waals surface area contributed by atoms with E-state index in [9.17, 15) is 4.79 Å². The average molecular weight is 260 g/mol. The standard InChI is InChI=1S/C16H24N2O/c1-12(2)10-16(8-9-16)11-18-15(19)14(17)13-6-4-3-5-7-13/h3-7,12,14H,8-11,17H2,1-2H3,(H,18,19). The molecule has 1 amide bonds. The molecule has 1 unspecified atom stereocenters. The van der Waals surface area contributed by atoms with Gasteiger partial charge in [-0.1, -0.05) is 44.2 Å². The van der Waals surface area contributed by atoms with E-state index in [-0.39, 0.29) is 5.91 Å². The Bertz CT molecular complexity index is 424. The lowest BCUT2D eigenvalue weighted by Crippen LogP contribution is -2.37. The van der Waals surface area contributed by atoms with Crippen LogP contribution in [-0.2, 0) is 4.79 Å². The van der Waals surface area contributed by atoms with Crippen LogP contribution in [0.3, 0.4) is 0 Å². The first-order valence-electron chi connectivity index (χ1n) is 7.11. The molecule has 0 radical (unpaired) electrons. The number of hydrogen-bond acceptors (Lipinski definition) is 2. The number of rotatable bonds is 6. The second kappa shape index (κ2) is 5.74. The Morgan fingerprint density at radius 3 is 2.47 bits per heavy atom. The maximum atomic E-state index is 12.1. The maximum absolute atomic E-state index is 12.1. The van der Waals surface area contributed by atoms with Gasteiger partial charge in [0, 0.05) is 6.54 Å². The van der Waals surface area contributed by atoms with E-state index in [4.69, 9.17) is 5.73 Å². The van der Waals surface area contributed by atoms with Gasteiger partial charge < -0.3 is 11.1 Å². The Morgan fingerprint density at radius 2 is 1.95 bits per heavy atom. The molecule has 1 aliphatic carbocycles. The first-order chi connectivity index (χ1) is 9.02. The number of hydrogen-bond donors (Lipinski definition) is 2. The molecule has 2 rings (SSSR count). The summed E-state index contributed by atoms with van der Waals surface area (Å²) in [7, 11) is 0. The summed E-state index contributed by atoms with van der Waals surface area (Å²) in [5, 5.41) is 3.03. The lowest BCUT2D eigenvalue weighted by atomic mass is 9.94. The SMILES string of the molecule is CC(C)CC1(CNC(=O)C(N)c2ccccc2)CC1. The lowest BCUT2D eigenvalue weighted by Gasteiger charge is -2.20. The number of carbonyl (C=O) groups is 1. The number of carbonyl (C=O) groups excluding carboxylic acids is 1. The molecule has 0 aliphatic heterocycles. The third-order valence-electron chi connectivity index (χ3n) is 3.88. The number of nitrogens with one attached hydrogen (secondary N) is 1. The van der Waals surface area contributed by atoms with Gasteiger partial charge in [-0.15, -0.1) is 0 Å². The van der Waals surface area contributed by atoms with Gasteiger partial charge in [-0.2, -0.15) is 0 Å². The van der Waals surface area contributed by atoms with Crippen LogP contribution in [0.2, 0.25) is 0 Å². The van der Waals surface area contributed by atoms with E-state index in [1.807, 2.05) is 30.3 Å². The van der Waals surface area contributed by atoms with Crippen molar-refractivity contribution >= 4 is 5.91 Å². The van der Waals surface area contributed by atoms with Crippen LogP contribution >= 0.6 is 0 Å². The van der Waals surface area contributed by atoms with E-state index >= 15 is 0 Å². The molecule has 0 aromatic heterocycles. The van der Waals surface area contributed by atoms with Crippen LogP contribution in [0.5, 0.6) is 0 Å². The monoisotopic (exact) mass is 260 g/mol. The molecule has 0 bridgehead atoms. The van der Waals surface area contributed by atoms with Crippen LogP contribution in [0.4, 0.5) is 0 Å². The van der Waals surface area contributed by atoms with Gasteiger partial charge in [-0.05, 0) is 36.2 Å². The Hall–Kier alpha value is -1.35. The van der Waals surface area contributed by atoms with E-state index in [0.717, 1.165) is 12.1 Å². The largest absolute Gasteiger partial charge is 0.354 e. The normalized spacial score (nSPS) is 18.1. The smallest absolute Gasteiger partial charge is 0.241 e. The number of nitrogens with two attached hydrogens (primary N) is 1. The van der Waals surface area contributed by atoms with Crippen molar-refractivity contribution in [2.45, 2.75) is 39.2 Å². The Morgan fingerprint density at radius 1 is 1.32 bits per heavy atom. The van der Waals surface area contributed by atoms with E-state index in [0.29, 0.717) is 11.3 Å². The van der Waals surface area contributed by atoms with E-state index < -0.39 is 6.04 Å². The molecular weight excluding hydrogens is 236 g/mol. The summed E-state index contributed by atoms with van der Waals surface area (Å²) in [4.78, 5) is 12.1. The van der Waals surface area contributed by atoms with Crippen LogP contribution < -0.4 is 11.1 Å². The molecule has 0 spiro atoms. The molecule has 3 heteroatoms. The van der Waals surface area contributed by atoms with Gasteiger partial charge in [-0.3, -0.25) is 4.79 Å². The predicted molar refractivity (Wildman–Crippen MR) is 77.5 cm³/mol. The van der Waals surface area contributed by atoms with Gasteiger partial charge >= 0.3 is 0 Å². The summed E-state index contributed by atoms with van der Waals surface area (Å²) in [6, 6.07) is 8.97. The Balaban J connectivity index is 1.85. The number of amides is 1. The molecule has 0 heterocycles. The van der Waals surface area contributed by atoms with Crippen LogP contribution in [0, 0.1) is 11.3 Å². The summed E-state index contributed by atoms with van der Waals surface area (Å²) in [5.41, 5.74) is 7.19. The minimum Gasteiger partial charge on any atom is -0.354 e. The van der Waals surface area contributed by atoms with Crippen molar-refractivity contribution in [3.05, 3.63) is 35.9 Å². The minimum absolute atomic E-state index is 0.0683. The van der Waals surface area contributed by atoms with Crippen molar-refractivity contribution in [2.75, 3.05) is 6.54 Å². The van der Waals surface area contributed by atoms with Crippen molar-refractivity contribution in [1.82, 2.24) is 5.32 Å². The quantitative estimate of drug-likeness (QED) is 0.826. The van der Waals surface area contributed by atoms with E-state index in [1.54, 1.807) is 0 Å². The van der Waals surface area contributed by atoms with Crippen LogP contribution in [0.1, 0.15) is 44.7 Å². The summed E-state index contributed by atoms with van der Waals surface area (Å²) in [6.45, 7) is 5.24. The highest BCUT2D eigenvalue weighted by atomic mass is 16.2. The third-order valence-corrected chi connectivity index (χ3v) is 3.88. The van der Waals surface area contributed by atoms with Crippen molar-refractivity contribution in [1.29, 1.82) is 0 Å². The first kappa shape index (κ1) is 14.1. The average Bonchev–Trinajstić information content (AvgIpc) is 3.15. The van der Waals surface area contributed by atoms with Gasteiger partial charge in [0.1, 0.15) is 6.04 Å². The molecule has 0 saturated heterocycles. The molecule has 1 aliphatic rings. The number of benzene rings is 1. The highest BCUT2D eigenvalue weighted by Gasteiger charge is 2.42. The van der Waals surface area contributed by atoms with Crippen LogP contribution in [-0.4, -0.2) is 12.5 Å². The summed E-state index contributed by atoms with van der Waals surface area (Å²) < 4.78 is 0. The zero-order valence-electron chi connectivity index (χ0n) is 11.9. The first-order valence-corrected chi connectivity index (χ1v) is 7.11. The predicted octanol–water partition coefficient (Wildman–Crippen LogP) is 2.63. The maximum Gasteiger partial charge on any atom is 0.241 e. The molecule has 1 aromatic rings. The van der Waals surface area contributed by atoms with E-state index in [1.165, 1.54) is 19.3 Å². The summed E-state index contributed by atoms with van der Waals surface area (Å²) in [5.74, 6) is 0.614. The van der Waals surface area contributed by atoms with Gasteiger partial charge in [0.2, 0.25) is 5.91 Å². The highest BCUT2D eigenvalue weighted by molar-refractivity contribution is 5.82. The molecule has 1 atom stereocenters. The lowest BCUT2D eigenvalue weighted by molar-refractivity contribution is -0.122. The third kappa shape index (κ3) is 3.80. The molecule has 19 heavy (non-hydrogen) atoms. The molecule has 104 valence electrons. The zero-order chi connectivity index (χ0) is 13.9. The van der Waals surface area contributed by atoms with Crippen molar-refractivity contribution in [3.63, 3.8) is 0 Å². The fourth-order valence-electron chi connectivity index (χ4n) is 2.69. The molecular formula is C16H24N2O. The fraction of sp³-hybridized carbons (Fsp3) is 0.562. The zero-order valence-corrected chi connectivity index (χ0v) is 11.9. The van der Waals surface area contributed by atoms with E-state index in [2.05, 4.69) is 19.2 Å².